The van der Waals surface area contributed by atoms with Gasteiger partial charge in [-0.3, -0.25) is 4.79 Å². The Morgan fingerprint density at radius 2 is 2.00 bits per heavy atom. The van der Waals surface area contributed by atoms with Crippen molar-refractivity contribution in [3.05, 3.63) is 0 Å². The summed E-state index contributed by atoms with van der Waals surface area (Å²) in [4.78, 5) is 11.1. The maximum atomic E-state index is 12.1. The van der Waals surface area contributed by atoms with Crippen LogP contribution in [0.5, 0.6) is 0 Å². The fourth-order valence-electron chi connectivity index (χ4n) is 2.52. The number of piperidine rings is 1. The Hall–Kier alpha value is -0.660. The van der Waals surface area contributed by atoms with E-state index in [-0.39, 0.29) is 0 Å². The molecule has 1 aliphatic heterocycles. The lowest BCUT2D eigenvalue weighted by molar-refractivity contribution is -0.142. The largest absolute Gasteiger partial charge is 0.480 e. The minimum atomic E-state index is -3.65. The highest BCUT2D eigenvalue weighted by atomic mass is 32.2. The van der Waals surface area contributed by atoms with E-state index in [0.717, 1.165) is 35.9 Å². The molecule has 1 heterocycles. The van der Waals surface area contributed by atoms with Crippen molar-refractivity contribution in [2.75, 3.05) is 13.1 Å². The summed E-state index contributed by atoms with van der Waals surface area (Å²) in [5, 5.41) is 9.09. The fraction of sp³-hybridized carbons (Fsp3) is 0.917. The van der Waals surface area contributed by atoms with E-state index >= 15 is 0 Å². The normalized spacial score (nSPS) is 25.4. The van der Waals surface area contributed by atoms with E-state index in [1.165, 1.54) is 12.8 Å². The highest BCUT2D eigenvalue weighted by Crippen LogP contribution is 2.33. The Labute approximate surface area is 114 Å². The zero-order valence-electron chi connectivity index (χ0n) is 11.0. The first-order valence-corrected chi connectivity index (χ1v) is 8.44. The molecule has 1 atom stereocenters. The molecule has 0 radical (unpaired) electrons. The van der Waals surface area contributed by atoms with Gasteiger partial charge in [-0.2, -0.15) is 12.7 Å². The van der Waals surface area contributed by atoms with E-state index < -0.39 is 22.2 Å². The molecule has 0 aromatic rings. The molecule has 0 bridgehead atoms. The van der Waals surface area contributed by atoms with Crippen LogP contribution in [0.4, 0.5) is 0 Å². The lowest BCUT2D eigenvalue weighted by atomic mass is 10.1. The number of carboxylic acid groups (broad SMARTS) is 1. The van der Waals surface area contributed by atoms with Crippen LogP contribution >= 0.6 is 0 Å². The molecule has 2 aliphatic rings. The van der Waals surface area contributed by atoms with Crippen molar-refractivity contribution in [1.29, 1.82) is 0 Å². The number of hydrogen-bond acceptors (Lipinski definition) is 3. The molecular formula is C12H22N2O4S. The van der Waals surface area contributed by atoms with E-state index in [0.29, 0.717) is 19.5 Å². The van der Waals surface area contributed by atoms with Gasteiger partial charge in [-0.05, 0) is 38.0 Å². The molecule has 7 heteroatoms. The molecule has 0 aromatic carbocycles. The van der Waals surface area contributed by atoms with Crippen molar-refractivity contribution in [1.82, 2.24) is 9.03 Å². The molecule has 1 unspecified atom stereocenters. The second kappa shape index (κ2) is 6.19. The molecule has 19 heavy (non-hydrogen) atoms. The Morgan fingerprint density at radius 3 is 2.63 bits per heavy atom. The van der Waals surface area contributed by atoms with Gasteiger partial charge < -0.3 is 5.11 Å². The van der Waals surface area contributed by atoms with E-state index in [9.17, 15) is 13.2 Å². The molecule has 110 valence electrons. The Morgan fingerprint density at radius 1 is 1.26 bits per heavy atom. The highest BCUT2D eigenvalue weighted by Gasteiger charge is 2.36. The van der Waals surface area contributed by atoms with Gasteiger partial charge in [0.2, 0.25) is 0 Å². The zero-order valence-corrected chi connectivity index (χ0v) is 11.9. The number of nitrogens with one attached hydrogen (secondary N) is 1. The Balaban J connectivity index is 1.86. The monoisotopic (exact) mass is 290 g/mol. The summed E-state index contributed by atoms with van der Waals surface area (Å²) in [6.07, 6.45) is 6.32. The molecule has 0 aromatic heterocycles. The van der Waals surface area contributed by atoms with Crippen molar-refractivity contribution < 1.29 is 18.3 Å². The van der Waals surface area contributed by atoms with Crippen LogP contribution < -0.4 is 4.72 Å². The van der Waals surface area contributed by atoms with Gasteiger partial charge in [-0.1, -0.05) is 12.8 Å². The van der Waals surface area contributed by atoms with Crippen LogP contribution in [0.15, 0.2) is 0 Å². The number of carbonyl (C=O) groups is 1. The maximum absolute atomic E-state index is 12.1. The van der Waals surface area contributed by atoms with E-state index in [2.05, 4.69) is 4.72 Å². The summed E-state index contributed by atoms with van der Waals surface area (Å²) >= 11 is 0. The van der Waals surface area contributed by atoms with Gasteiger partial charge in [0.05, 0.1) is 0 Å². The van der Waals surface area contributed by atoms with Crippen LogP contribution in [0.3, 0.4) is 0 Å². The van der Waals surface area contributed by atoms with Gasteiger partial charge in [-0.25, -0.2) is 4.72 Å². The maximum Gasteiger partial charge on any atom is 0.322 e. The first-order chi connectivity index (χ1) is 9.00. The highest BCUT2D eigenvalue weighted by molar-refractivity contribution is 7.87. The Kier molecular flexibility index (Phi) is 4.81. The van der Waals surface area contributed by atoms with Gasteiger partial charge in [0, 0.05) is 13.1 Å². The van der Waals surface area contributed by atoms with Crippen molar-refractivity contribution in [3.63, 3.8) is 0 Å². The molecule has 1 saturated heterocycles. The lowest BCUT2D eigenvalue weighted by Crippen LogP contribution is -2.52. The van der Waals surface area contributed by atoms with E-state index in [4.69, 9.17) is 5.11 Å². The molecule has 0 amide bonds. The van der Waals surface area contributed by atoms with Gasteiger partial charge >= 0.3 is 5.97 Å². The van der Waals surface area contributed by atoms with Crippen LogP contribution in [0.25, 0.3) is 0 Å². The summed E-state index contributed by atoms with van der Waals surface area (Å²) < 4.78 is 27.9. The first-order valence-electron chi connectivity index (χ1n) is 7.00. The van der Waals surface area contributed by atoms with Crippen molar-refractivity contribution in [2.45, 2.75) is 51.0 Å². The van der Waals surface area contributed by atoms with Gasteiger partial charge in [-0.15, -0.1) is 0 Å². The number of aliphatic carboxylic acids is 1. The molecule has 2 N–H and O–H groups in total. The van der Waals surface area contributed by atoms with Gasteiger partial charge in [0.1, 0.15) is 6.04 Å². The van der Waals surface area contributed by atoms with Crippen LogP contribution in [0.1, 0.15) is 44.9 Å². The lowest BCUT2D eigenvalue weighted by Gasteiger charge is -2.31. The summed E-state index contributed by atoms with van der Waals surface area (Å²) in [5.74, 6) is -0.269. The van der Waals surface area contributed by atoms with Crippen molar-refractivity contribution >= 4 is 16.2 Å². The van der Waals surface area contributed by atoms with Crippen LogP contribution in [-0.2, 0) is 15.0 Å². The summed E-state index contributed by atoms with van der Waals surface area (Å²) in [6.45, 7) is 0.705. The van der Waals surface area contributed by atoms with Crippen LogP contribution in [0, 0.1) is 5.92 Å². The van der Waals surface area contributed by atoms with E-state index in [1.54, 1.807) is 0 Å². The number of hydrogen-bond donors (Lipinski definition) is 2. The second-order valence-electron chi connectivity index (χ2n) is 5.45. The first kappa shape index (κ1) is 14.7. The number of rotatable bonds is 7. The second-order valence-corrected chi connectivity index (χ2v) is 7.15. The average molecular weight is 290 g/mol. The standard InChI is InChI=1S/C12H22N2O4S/c15-12(16)11-5-1-2-9-14(11)19(17,18)13-8-3-4-10-6-7-10/h10-11,13H,1-9H2,(H,15,16). The molecule has 0 spiro atoms. The summed E-state index contributed by atoms with van der Waals surface area (Å²) in [5.41, 5.74) is 0. The summed E-state index contributed by atoms with van der Waals surface area (Å²) in [6, 6.07) is -0.908. The van der Waals surface area contributed by atoms with E-state index in [1.807, 2.05) is 0 Å². The third-order valence-electron chi connectivity index (χ3n) is 3.82. The van der Waals surface area contributed by atoms with Crippen molar-refractivity contribution in [3.8, 4) is 0 Å². The zero-order chi connectivity index (χ0) is 13.9. The average Bonchev–Trinajstić information content (AvgIpc) is 3.19. The number of nitrogens with zero attached hydrogens (tertiary/aromatic N) is 1. The number of carboxylic acids is 1. The molecule has 2 rings (SSSR count). The minimum absolute atomic E-state index is 0.301. The predicted octanol–water partition coefficient (Wildman–Crippen LogP) is 0.950. The third-order valence-corrected chi connectivity index (χ3v) is 5.44. The molecule has 1 aliphatic carbocycles. The SMILES string of the molecule is O=C(O)C1CCCCN1S(=O)(=O)NCCCC1CC1. The third kappa shape index (κ3) is 4.15. The van der Waals surface area contributed by atoms with Crippen molar-refractivity contribution in [2.24, 2.45) is 5.92 Å². The molecular weight excluding hydrogens is 268 g/mol. The molecule has 2 fully saturated rings. The van der Waals surface area contributed by atoms with Crippen LogP contribution in [0.2, 0.25) is 0 Å². The minimum Gasteiger partial charge on any atom is -0.480 e. The van der Waals surface area contributed by atoms with Crippen LogP contribution in [-0.4, -0.2) is 42.9 Å². The smallest absolute Gasteiger partial charge is 0.322 e. The quantitative estimate of drug-likeness (QED) is 0.683. The topological polar surface area (TPSA) is 86.7 Å². The Bertz CT molecular complexity index is 419. The predicted molar refractivity (Wildman–Crippen MR) is 70.9 cm³/mol. The van der Waals surface area contributed by atoms with Gasteiger partial charge in [0.25, 0.3) is 10.2 Å². The molecule has 1 saturated carbocycles. The summed E-state index contributed by atoms with van der Waals surface area (Å²) in [7, 11) is -3.65. The van der Waals surface area contributed by atoms with Gasteiger partial charge in [0.15, 0.2) is 0 Å². The fourth-order valence-corrected chi connectivity index (χ4v) is 3.99. The molecule has 6 nitrogen and oxygen atoms in total.